The molecule has 3 rings (SSSR count). The zero-order valence-electron chi connectivity index (χ0n) is 13.4. The average Bonchev–Trinajstić information content (AvgIpc) is 3.26. The van der Waals surface area contributed by atoms with E-state index in [0.717, 1.165) is 18.4 Å². The van der Waals surface area contributed by atoms with Crippen LogP contribution in [0.2, 0.25) is 0 Å². The number of hydrogen-bond acceptors (Lipinski definition) is 4. The number of aromatic nitrogens is 1. The Balaban J connectivity index is 1.70. The molecule has 1 aliphatic carbocycles. The Hall–Kier alpha value is -2.21. The third kappa shape index (κ3) is 3.82. The lowest BCUT2D eigenvalue weighted by atomic mass is 9.84. The Labute approximate surface area is 145 Å². The van der Waals surface area contributed by atoms with Crippen molar-refractivity contribution >= 4 is 23.2 Å². The number of nitrogens with one attached hydrogen (secondary N) is 1. The summed E-state index contributed by atoms with van der Waals surface area (Å²) < 4.78 is 0. The van der Waals surface area contributed by atoms with Crippen molar-refractivity contribution in [1.29, 1.82) is 0 Å². The van der Waals surface area contributed by atoms with Crippen LogP contribution >= 0.6 is 11.3 Å². The van der Waals surface area contributed by atoms with Gasteiger partial charge in [-0.05, 0) is 24.3 Å². The Morgan fingerprint density at radius 2 is 1.96 bits per heavy atom. The molecule has 1 atom stereocenters. The van der Waals surface area contributed by atoms with Gasteiger partial charge in [0.15, 0.2) is 0 Å². The number of rotatable bonds is 6. The summed E-state index contributed by atoms with van der Waals surface area (Å²) in [6, 6.07) is 9.97. The van der Waals surface area contributed by atoms with E-state index in [2.05, 4.69) is 10.3 Å². The lowest BCUT2D eigenvalue weighted by Gasteiger charge is -2.23. The smallest absolute Gasteiger partial charge is 0.268 e. The monoisotopic (exact) mass is 343 g/mol. The molecule has 0 radical (unpaired) electrons. The maximum atomic E-state index is 12.8. The molecule has 0 spiro atoms. The summed E-state index contributed by atoms with van der Waals surface area (Å²) in [6.07, 6.45) is 4.57. The molecular weight excluding hydrogens is 322 g/mol. The summed E-state index contributed by atoms with van der Waals surface area (Å²) in [6.45, 7) is 0.326. The molecule has 6 heteroatoms. The molecule has 1 fully saturated rings. The third-order valence-corrected chi connectivity index (χ3v) is 5.38. The van der Waals surface area contributed by atoms with Gasteiger partial charge >= 0.3 is 0 Å². The van der Waals surface area contributed by atoms with Crippen LogP contribution in [0.3, 0.4) is 0 Å². The Kier molecular flexibility index (Phi) is 5.25. The van der Waals surface area contributed by atoms with Crippen molar-refractivity contribution in [3.63, 3.8) is 0 Å². The number of thiazole rings is 1. The van der Waals surface area contributed by atoms with Gasteiger partial charge in [0, 0.05) is 5.38 Å². The van der Waals surface area contributed by atoms with E-state index in [1.54, 1.807) is 5.38 Å². The van der Waals surface area contributed by atoms with Crippen LogP contribution in [0.1, 0.15) is 52.7 Å². The van der Waals surface area contributed by atoms with Crippen LogP contribution in [0.25, 0.3) is 0 Å². The fourth-order valence-electron chi connectivity index (χ4n) is 3.37. The number of hydrogen-bond donors (Lipinski definition) is 2. The topological polar surface area (TPSA) is 85.1 Å². The summed E-state index contributed by atoms with van der Waals surface area (Å²) >= 11 is 1.33. The van der Waals surface area contributed by atoms with Crippen molar-refractivity contribution in [2.24, 2.45) is 11.7 Å². The second kappa shape index (κ2) is 7.57. The SMILES string of the molecule is NC(=O)c1csc(CNC(=O)C(c2ccccc2)C2CCCC2)n1. The molecular formula is C18H21N3O2S. The molecule has 2 aromatic rings. The highest BCUT2D eigenvalue weighted by Gasteiger charge is 2.31. The van der Waals surface area contributed by atoms with E-state index >= 15 is 0 Å². The predicted molar refractivity (Wildman–Crippen MR) is 93.6 cm³/mol. The average molecular weight is 343 g/mol. The second-order valence-electron chi connectivity index (χ2n) is 6.14. The molecule has 1 aromatic heterocycles. The van der Waals surface area contributed by atoms with E-state index in [-0.39, 0.29) is 17.5 Å². The highest BCUT2D eigenvalue weighted by molar-refractivity contribution is 7.09. The second-order valence-corrected chi connectivity index (χ2v) is 7.08. The first-order chi connectivity index (χ1) is 11.6. The molecule has 1 saturated carbocycles. The first kappa shape index (κ1) is 16.6. The lowest BCUT2D eigenvalue weighted by molar-refractivity contribution is -0.123. The predicted octanol–water partition coefficient (Wildman–Crippen LogP) is 2.83. The van der Waals surface area contributed by atoms with E-state index in [0.29, 0.717) is 17.5 Å². The van der Waals surface area contributed by atoms with Gasteiger partial charge in [-0.1, -0.05) is 43.2 Å². The largest absolute Gasteiger partial charge is 0.364 e. The van der Waals surface area contributed by atoms with Gasteiger partial charge in [0.1, 0.15) is 10.7 Å². The fourth-order valence-corrected chi connectivity index (χ4v) is 4.09. The maximum Gasteiger partial charge on any atom is 0.268 e. The van der Waals surface area contributed by atoms with Crippen LogP contribution in [0.4, 0.5) is 0 Å². The number of carbonyl (C=O) groups is 2. The van der Waals surface area contributed by atoms with Crippen molar-refractivity contribution in [2.45, 2.75) is 38.1 Å². The van der Waals surface area contributed by atoms with Gasteiger partial charge < -0.3 is 11.1 Å². The highest BCUT2D eigenvalue weighted by atomic mass is 32.1. The molecule has 1 aliphatic rings. The molecule has 0 saturated heterocycles. The Morgan fingerprint density at radius 1 is 1.25 bits per heavy atom. The number of carbonyl (C=O) groups excluding carboxylic acids is 2. The third-order valence-electron chi connectivity index (χ3n) is 4.53. The van der Waals surface area contributed by atoms with Gasteiger partial charge in [0.25, 0.3) is 5.91 Å². The highest BCUT2D eigenvalue weighted by Crippen LogP contribution is 2.37. The number of primary amides is 1. The van der Waals surface area contributed by atoms with Crippen LogP contribution in [0.15, 0.2) is 35.7 Å². The number of nitrogens with zero attached hydrogens (tertiary/aromatic N) is 1. The Bertz CT molecular complexity index is 708. The van der Waals surface area contributed by atoms with Gasteiger partial charge in [-0.3, -0.25) is 9.59 Å². The van der Waals surface area contributed by atoms with Crippen molar-refractivity contribution in [2.75, 3.05) is 0 Å². The van der Waals surface area contributed by atoms with Crippen molar-refractivity contribution in [1.82, 2.24) is 10.3 Å². The van der Waals surface area contributed by atoms with E-state index in [4.69, 9.17) is 5.73 Å². The molecule has 126 valence electrons. The van der Waals surface area contributed by atoms with Crippen LogP contribution in [0, 0.1) is 5.92 Å². The first-order valence-corrected chi connectivity index (χ1v) is 9.10. The minimum Gasteiger partial charge on any atom is -0.364 e. The van der Waals surface area contributed by atoms with Gasteiger partial charge in [-0.25, -0.2) is 4.98 Å². The van der Waals surface area contributed by atoms with E-state index in [1.165, 1.54) is 24.2 Å². The van der Waals surface area contributed by atoms with Gasteiger partial charge in [0.05, 0.1) is 12.5 Å². The van der Waals surface area contributed by atoms with Gasteiger partial charge in [0.2, 0.25) is 5.91 Å². The van der Waals surface area contributed by atoms with Crippen molar-refractivity contribution in [3.05, 3.63) is 52.0 Å². The number of amides is 2. The molecule has 1 unspecified atom stereocenters. The molecule has 2 amide bonds. The van der Waals surface area contributed by atoms with E-state index in [9.17, 15) is 9.59 Å². The number of nitrogens with two attached hydrogens (primary N) is 1. The minimum atomic E-state index is -0.544. The molecule has 0 bridgehead atoms. The molecule has 3 N–H and O–H groups in total. The van der Waals surface area contributed by atoms with Crippen molar-refractivity contribution < 1.29 is 9.59 Å². The Morgan fingerprint density at radius 3 is 2.58 bits per heavy atom. The summed E-state index contributed by atoms with van der Waals surface area (Å²) in [7, 11) is 0. The van der Waals surface area contributed by atoms with E-state index in [1.807, 2.05) is 30.3 Å². The van der Waals surface area contributed by atoms with Crippen LogP contribution in [-0.4, -0.2) is 16.8 Å². The molecule has 0 aliphatic heterocycles. The standard InChI is InChI=1S/C18H21N3O2S/c19-17(22)14-11-24-15(21-14)10-20-18(23)16(13-8-4-5-9-13)12-6-2-1-3-7-12/h1-3,6-7,11,13,16H,4-5,8-10H2,(H2,19,22)(H,20,23). The summed E-state index contributed by atoms with van der Waals surface area (Å²) in [5.74, 6) is -0.241. The minimum absolute atomic E-state index is 0.0314. The molecule has 5 nitrogen and oxygen atoms in total. The summed E-state index contributed by atoms with van der Waals surface area (Å²) in [4.78, 5) is 28.1. The first-order valence-electron chi connectivity index (χ1n) is 8.22. The number of benzene rings is 1. The van der Waals surface area contributed by atoms with Crippen LogP contribution in [-0.2, 0) is 11.3 Å². The lowest BCUT2D eigenvalue weighted by Crippen LogP contribution is -2.32. The maximum absolute atomic E-state index is 12.8. The van der Waals surface area contributed by atoms with Crippen LogP contribution < -0.4 is 11.1 Å². The quantitative estimate of drug-likeness (QED) is 0.846. The normalized spacial score (nSPS) is 16.0. The molecule has 1 aromatic carbocycles. The zero-order chi connectivity index (χ0) is 16.9. The zero-order valence-corrected chi connectivity index (χ0v) is 14.2. The van der Waals surface area contributed by atoms with Crippen LogP contribution in [0.5, 0.6) is 0 Å². The van der Waals surface area contributed by atoms with Crippen molar-refractivity contribution in [3.8, 4) is 0 Å². The molecule has 1 heterocycles. The van der Waals surface area contributed by atoms with Gasteiger partial charge in [-0.15, -0.1) is 11.3 Å². The fraction of sp³-hybridized carbons (Fsp3) is 0.389. The molecule has 24 heavy (non-hydrogen) atoms. The van der Waals surface area contributed by atoms with E-state index < -0.39 is 5.91 Å². The van der Waals surface area contributed by atoms with Gasteiger partial charge in [-0.2, -0.15) is 0 Å². The summed E-state index contributed by atoms with van der Waals surface area (Å²) in [5.41, 5.74) is 6.53. The summed E-state index contributed by atoms with van der Waals surface area (Å²) in [5, 5.41) is 5.29.